The van der Waals surface area contributed by atoms with Crippen LogP contribution in [0.4, 0.5) is 0 Å². The van der Waals surface area contributed by atoms with Crippen molar-refractivity contribution in [3.05, 3.63) is 0 Å². The Hall–Kier alpha value is -0.0400. The summed E-state index contributed by atoms with van der Waals surface area (Å²) in [6, 6.07) is 0. The summed E-state index contributed by atoms with van der Waals surface area (Å²) in [6.07, 6.45) is 5.48. The normalized spacial score (nSPS) is 26.3. The molecule has 1 aliphatic heterocycles. The molecule has 1 aliphatic rings. The molecule has 0 N–H and O–H groups in total. The highest BCUT2D eigenvalue weighted by atomic mass is 15.2. The van der Waals surface area contributed by atoms with Crippen LogP contribution in [0, 0.1) is 5.92 Å². The molecular formula is C12H25N. The van der Waals surface area contributed by atoms with Crippen LogP contribution >= 0.6 is 0 Å². The summed E-state index contributed by atoms with van der Waals surface area (Å²) >= 11 is 0. The van der Waals surface area contributed by atoms with E-state index in [1.165, 1.54) is 38.8 Å². The summed E-state index contributed by atoms with van der Waals surface area (Å²) < 4.78 is 0. The molecule has 1 nitrogen and oxygen atoms in total. The van der Waals surface area contributed by atoms with Gasteiger partial charge in [0.1, 0.15) is 0 Å². The minimum absolute atomic E-state index is 0.424. The minimum atomic E-state index is 0.424. The summed E-state index contributed by atoms with van der Waals surface area (Å²) in [5.74, 6) is 0.958. The number of nitrogens with zero attached hydrogens (tertiary/aromatic N) is 1. The van der Waals surface area contributed by atoms with E-state index in [2.05, 4.69) is 32.6 Å². The molecule has 0 saturated carbocycles. The first-order valence-corrected chi connectivity index (χ1v) is 5.85. The van der Waals surface area contributed by atoms with E-state index >= 15 is 0 Å². The monoisotopic (exact) mass is 183 g/mol. The molecule has 1 rings (SSSR count). The number of hydrogen-bond donors (Lipinski definition) is 0. The van der Waals surface area contributed by atoms with Gasteiger partial charge >= 0.3 is 0 Å². The third-order valence-corrected chi connectivity index (χ3v) is 3.82. The van der Waals surface area contributed by atoms with E-state index in [0.717, 1.165) is 5.92 Å². The van der Waals surface area contributed by atoms with E-state index < -0.39 is 0 Å². The molecule has 0 spiro atoms. The Bertz CT molecular complexity index is 151. The van der Waals surface area contributed by atoms with Crippen LogP contribution < -0.4 is 0 Å². The Morgan fingerprint density at radius 1 is 1.31 bits per heavy atom. The molecule has 0 aromatic heterocycles. The lowest BCUT2D eigenvalue weighted by Crippen LogP contribution is -2.48. The zero-order valence-electron chi connectivity index (χ0n) is 9.77. The van der Waals surface area contributed by atoms with Gasteiger partial charge in [-0.1, -0.05) is 20.3 Å². The van der Waals surface area contributed by atoms with E-state index in [4.69, 9.17) is 0 Å². The number of rotatable bonds is 3. The fourth-order valence-corrected chi connectivity index (χ4v) is 2.17. The molecule has 0 aromatic carbocycles. The molecule has 0 aromatic rings. The van der Waals surface area contributed by atoms with E-state index in [9.17, 15) is 0 Å². The molecule has 1 unspecified atom stereocenters. The van der Waals surface area contributed by atoms with Gasteiger partial charge in [-0.3, -0.25) is 4.90 Å². The molecule has 0 bridgehead atoms. The smallest absolute Gasteiger partial charge is 0.0150 e. The van der Waals surface area contributed by atoms with Gasteiger partial charge in [-0.2, -0.15) is 0 Å². The van der Waals surface area contributed by atoms with Crippen LogP contribution in [0.1, 0.15) is 53.4 Å². The van der Waals surface area contributed by atoms with Crippen LogP contribution in [-0.4, -0.2) is 23.5 Å². The van der Waals surface area contributed by atoms with Gasteiger partial charge in [0.15, 0.2) is 0 Å². The quantitative estimate of drug-likeness (QED) is 0.649. The van der Waals surface area contributed by atoms with Crippen LogP contribution in [0.3, 0.4) is 0 Å². The Morgan fingerprint density at radius 3 is 2.54 bits per heavy atom. The number of piperidine rings is 1. The summed E-state index contributed by atoms with van der Waals surface area (Å²) in [6.45, 7) is 12.0. The lowest BCUT2D eigenvalue weighted by Gasteiger charge is -2.43. The van der Waals surface area contributed by atoms with Gasteiger partial charge in [-0.15, -0.1) is 0 Å². The lowest BCUT2D eigenvalue weighted by atomic mass is 9.90. The third kappa shape index (κ3) is 2.70. The van der Waals surface area contributed by atoms with E-state index in [1.54, 1.807) is 0 Å². The average molecular weight is 183 g/mol. The van der Waals surface area contributed by atoms with Gasteiger partial charge in [0.2, 0.25) is 0 Å². The maximum atomic E-state index is 2.69. The van der Waals surface area contributed by atoms with Crippen LogP contribution in [0.2, 0.25) is 0 Å². The van der Waals surface area contributed by atoms with Crippen molar-refractivity contribution in [3.63, 3.8) is 0 Å². The fourth-order valence-electron chi connectivity index (χ4n) is 2.17. The highest BCUT2D eigenvalue weighted by Gasteiger charge is 2.28. The van der Waals surface area contributed by atoms with Crippen LogP contribution in [0.15, 0.2) is 0 Å². The molecule has 78 valence electrons. The Kier molecular flexibility index (Phi) is 3.78. The van der Waals surface area contributed by atoms with Gasteiger partial charge in [0, 0.05) is 12.1 Å². The first-order chi connectivity index (χ1) is 6.10. The zero-order valence-corrected chi connectivity index (χ0v) is 9.77. The molecule has 13 heavy (non-hydrogen) atoms. The molecule has 0 aliphatic carbocycles. The van der Waals surface area contributed by atoms with Crippen LogP contribution in [0.25, 0.3) is 0 Å². The van der Waals surface area contributed by atoms with Crippen LogP contribution in [-0.2, 0) is 0 Å². The van der Waals surface area contributed by atoms with Gasteiger partial charge in [-0.25, -0.2) is 0 Å². The SMILES string of the molecule is CCC1CCCN(C(C)(C)CC)C1. The van der Waals surface area contributed by atoms with Crippen molar-refractivity contribution >= 4 is 0 Å². The number of likely N-dealkylation sites (tertiary alicyclic amines) is 1. The highest BCUT2D eigenvalue weighted by molar-refractivity contribution is 4.84. The van der Waals surface area contributed by atoms with Gasteiger partial charge in [0.25, 0.3) is 0 Å². The molecule has 1 fully saturated rings. The van der Waals surface area contributed by atoms with Gasteiger partial charge < -0.3 is 0 Å². The molecule has 1 heterocycles. The molecule has 1 heteroatoms. The van der Waals surface area contributed by atoms with E-state index in [-0.39, 0.29) is 0 Å². The molecule has 1 atom stereocenters. The van der Waals surface area contributed by atoms with Crippen molar-refractivity contribution in [2.24, 2.45) is 5.92 Å². The standard InChI is InChI=1S/C12H25N/c1-5-11-8-7-9-13(10-11)12(3,4)6-2/h11H,5-10H2,1-4H3. The maximum Gasteiger partial charge on any atom is 0.0150 e. The zero-order chi connectivity index (χ0) is 9.90. The van der Waals surface area contributed by atoms with Gasteiger partial charge in [-0.05, 0) is 45.6 Å². The molecular weight excluding hydrogens is 158 g/mol. The number of hydrogen-bond acceptors (Lipinski definition) is 1. The largest absolute Gasteiger partial charge is 0.298 e. The predicted molar refractivity (Wildman–Crippen MR) is 59.0 cm³/mol. The van der Waals surface area contributed by atoms with Crippen molar-refractivity contribution in [2.45, 2.75) is 58.9 Å². The van der Waals surface area contributed by atoms with Crippen molar-refractivity contribution in [1.29, 1.82) is 0 Å². The van der Waals surface area contributed by atoms with Gasteiger partial charge in [0.05, 0.1) is 0 Å². The fraction of sp³-hybridized carbons (Fsp3) is 1.00. The summed E-state index contributed by atoms with van der Waals surface area (Å²) in [4.78, 5) is 2.69. The minimum Gasteiger partial charge on any atom is -0.298 e. The second kappa shape index (κ2) is 4.45. The van der Waals surface area contributed by atoms with Crippen LogP contribution in [0.5, 0.6) is 0 Å². The second-order valence-electron chi connectivity index (χ2n) is 5.03. The Labute approximate surface area is 83.5 Å². The topological polar surface area (TPSA) is 3.24 Å². The van der Waals surface area contributed by atoms with Crippen molar-refractivity contribution in [2.75, 3.05) is 13.1 Å². The first kappa shape index (κ1) is 11.0. The molecule has 0 radical (unpaired) electrons. The maximum absolute atomic E-state index is 2.69. The highest BCUT2D eigenvalue weighted by Crippen LogP contribution is 2.27. The Morgan fingerprint density at radius 2 is 2.00 bits per heavy atom. The van der Waals surface area contributed by atoms with Crippen molar-refractivity contribution in [1.82, 2.24) is 4.90 Å². The average Bonchev–Trinajstić information content (AvgIpc) is 2.18. The third-order valence-electron chi connectivity index (χ3n) is 3.82. The van der Waals surface area contributed by atoms with E-state index in [1.807, 2.05) is 0 Å². The molecule has 1 saturated heterocycles. The summed E-state index contributed by atoms with van der Waals surface area (Å²) in [5.41, 5.74) is 0.424. The summed E-state index contributed by atoms with van der Waals surface area (Å²) in [5, 5.41) is 0. The second-order valence-corrected chi connectivity index (χ2v) is 5.03. The Balaban J connectivity index is 2.50. The van der Waals surface area contributed by atoms with E-state index in [0.29, 0.717) is 5.54 Å². The van der Waals surface area contributed by atoms with Crippen molar-refractivity contribution < 1.29 is 0 Å². The van der Waals surface area contributed by atoms with Crippen molar-refractivity contribution in [3.8, 4) is 0 Å². The molecule has 0 amide bonds. The lowest BCUT2D eigenvalue weighted by molar-refractivity contribution is 0.0628. The first-order valence-electron chi connectivity index (χ1n) is 5.85. The predicted octanol–water partition coefficient (Wildman–Crippen LogP) is 3.30. The summed E-state index contributed by atoms with van der Waals surface area (Å²) in [7, 11) is 0.